The molecule has 0 radical (unpaired) electrons. The first-order chi connectivity index (χ1) is 6.42. The fourth-order valence-electron chi connectivity index (χ4n) is 1.79. The van der Waals surface area contributed by atoms with Gasteiger partial charge in [0.2, 0.25) is 0 Å². The van der Waals surface area contributed by atoms with Crippen molar-refractivity contribution in [2.24, 2.45) is 0 Å². The Balaban J connectivity index is 2.91. The summed E-state index contributed by atoms with van der Waals surface area (Å²) in [6.07, 6.45) is 0. The maximum Gasteiger partial charge on any atom is 0.0178 e. The Morgan fingerprint density at radius 3 is 2.43 bits per heavy atom. The van der Waals surface area contributed by atoms with Gasteiger partial charge in [0.05, 0.1) is 0 Å². The molecule has 1 rings (SSSR count). The second-order valence-corrected chi connectivity index (χ2v) is 5.55. The minimum atomic E-state index is 0.202. The minimum absolute atomic E-state index is 0.202. The summed E-state index contributed by atoms with van der Waals surface area (Å²) in [6.45, 7) is 5.60. The number of rotatable bonds is 3. The molecule has 0 atom stereocenters. The average molecular weight is 256 g/mol. The molecule has 14 heavy (non-hydrogen) atoms. The molecular weight excluding hydrogens is 238 g/mol. The van der Waals surface area contributed by atoms with Crippen molar-refractivity contribution in [2.75, 3.05) is 20.6 Å². The second kappa shape index (κ2) is 4.45. The molecule has 78 valence electrons. The molecule has 0 heterocycles. The summed E-state index contributed by atoms with van der Waals surface area (Å²) in [6, 6.07) is 8.55. The van der Waals surface area contributed by atoms with E-state index < -0.39 is 0 Å². The van der Waals surface area contributed by atoms with Crippen LogP contribution in [0.25, 0.3) is 0 Å². The number of hydrogen-bond donors (Lipinski definition) is 0. The quantitative estimate of drug-likeness (QED) is 0.802. The van der Waals surface area contributed by atoms with Gasteiger partial charge in [0, 0.05) is 16.4 Å². The molecule has 0 N–H and O–H groups in total. The third-order valence-electron chi connectivity index (χ3n) is 2.32. The van der Waals surface area contributed by atoms with Crippen molar-refractivity contribution in [3.8, 4) is 0 Å². The molecule has 1 nitrogen and oxygen atoms in total. The fourth-order valence-corrected chi connectivity index (χ4v) is 2.19. The molecule has 0 unspecified atom stereocenters. The summed E-state index contributed by atoms with van der Waals surface area (Å²) in [7, 11) is 4.22. The Bertz CT molecular complexity index is 305. The number of hydrogen-bond acceptors (Lipinski definition) is 1. The molecular formula is C12H18BrN. The maximum atomic E-state index is 3.51. The van der Waals surface area contributed by atoms with Crippen LogP contribution in [-0.4, -0.2) is 25.5 Å². The monoisotopic (exact) mass is 255 g/mol. The number of halogens is 1. The van der Waals surface area contributed by atoms with Gasteiger partial charge in [-0.2, -0.15) is 0 Å². The van der Waals surface area contributed by atoms with Gasteiger partial charge in [-0.25, -0.2) is 0 Å². The SMILES string of the molecule is CN(C)CC(C)(C)c1cccc(Br)c1. The van der Waals surface area contributed by atoms with Gasteiger partial charge in [0.1, 0.15) is 0 Å². The van der Waals surface area contributed by atoms with Crippen LogP contribution in [0, 0.1) is 0 Å². The van der Waals surface area contributed by atoms with E-state index in [2.05, 4.69) is 73.0 Å². The fraction of sp³-hybridized carbons (Fsp3) is 0.500. The molecule has 0 aromatic heterocycles. The summed E-state index contributed by atoms with van der Waals surface area (Å²) in [5, 5.41) is 0. The van der Waals surface area contributed by atoms with Crippen LogP contribution in [-0.2, 0) is 5.41 Å². The van der Waals surface area contributed by atoms with Crippen molar-refractivity contribution >= 4 is 15.9 Å². The van der Waals surface area contributed by atoms with Crippen LogP contribution in [0.15, 0.2) is 28.7 Å². The molecule has 1 aromatic carbocycles. The van der Waals surface area contributed by atoms with Gasteiger partial charge in [-0.1, -0.05) is 41.9 Å². The minimum Gasteiger partial charge on any atom is -0.309 e. The first-order valence-electron chi connectivity index (χ1n) is 4.82. The zero-order chi connectivity index (χ0) is 10.8. The van der Waals surface area contributed by atoms with Crippen molar-refractivity contribution in [2.45, 2.75) is 19.3 Å². The Kier molecular flexibility index (Phi) is 3.73. The van der Waals surface area contributed by atoms with Crippen molar-refractivity contribution in [3.05, 3.63) is 34.3 Å². The summed E-state index contributed by atoms with van der Waals surface area (Å²) in [5.74, 6) is 0. The van der Waals surface area contributed by atoms with Gasteiger partial charge in [-0.05, 0) is 31.8 Å². The predicted octanol–water partition coefficient (Wildman–Crippen LogP) is 3.29. The highest BCUT2D eigenvalue weighted by Gasteiger charge is 2.21. The van der Waals surface area contributed by atoms with Crippen molar-refractivity contribution in [3.63, 3.8) is 0 Å². The third-order valence-corrected chi connectivity index (χ3v) is 2.81. The number of likely N-dealkylation sites (N-methyl/N-ethyl adjacent to an activating group) is 1. The van der Waals surface area contributed by atoms with Gasteiger partial charge in [0.25, 0.3) is 0 Å². The van der Waals surface area contributed by atoms with Crippen LogP contribution in [0.1, 0.15) is 19.4 Å². The van der Waals surface area contributed by atoms with Gasteiger partial charge in [-0.15, -0.1) is 0 Å². The lowest BCUT2D eigenvalue weighted by atomic mass is 9.84. The Labute approximate surface area is 95.2 Å². The highest BCUT2D eigenvalue weighted by atomic mass is 79.9. The zero-order valence-electron chi connectivity index (χ0n) is 9.34. The highest BCUT2D eigenvalue weighted by Crippen LogP contribution is 2.26. The Morgan fingerprint density at radius 2 is 1.93 bits per heavy atom. The van der Waals surface area contributed by atoms with E-state index in [0.717, 1.165) is 11.0 Å². The molecule has 2 heteroatoms. The van der Waals surface area contributed by atoms with E-state index in [1.165, 1.54) is 5.56 Å². The smallest absolute Gasteiger partial charge is 0.0178 e. The summed E-state index contributed by atoms with van der Waals surface area (Å²) in [5.41, 5.74) is 1.58. The van der Waals surface area contributed by atoms with E-state index >= 15 is 0 Å². The first-order valence-corrected chi connectivity index (χ1v) is 5.62. The van der Waals surface area contributed by atoms with Gasteiger partial charge >= 0.3 is 0 Å². The first kappa shape index (κ1) is 11.7. The molecule has 0 saturated carbocycles. The average Bonchev–Trinajstić information content (AvgIpc) is 2.01. The van der Waals surface area contributed by atoms with Crippen LogP contribution in [0.2, 0.25) is 0 Å². The van der Waals surface area contributed by atoms with Gasteiger partial charge in [0.15, 0.2) is 0 Å². The van der Waals surface area contributed by atoms with Crippen LogP contribution < -0.4 is 0 Å². The zero-order valence-corrected chi connectivity index (χ0v) is 10.9. The van der Waals surface area contributed by atoms with E-state index in [9.17, 15) is 0 Å². The topological polar surface area (TPSA) is 3.24 Å². The number of benzene rings is 1. The van der Waals surface area contributed by atoms with E-state index in [1.54, 1.807) is 0 Å². The second-order valence-electron chi connectivity index (χ2n) is 4.63. The molecule has 0 bridgehead atoms. The molecule has 0 fully saturated rings. The molecule has 0 spiro atoms. The van der Waals surface area contributed by atoms with Crippen molar-refractivity contribution < 1.29 is 0 Å². The van der Waals surface area contributed by atoms with E-state index in [-0.39, 0.29) is 5.41 Å². The van der Waals surface area contributed by atoms with Gasteiger partial charge in [-0.3, -0.25) is 0 Å². The van der Waals surface area contributed by atoms with E-state index in [1.807, 2.05) is 0 Å². The molecule has 0 saturated heterocycles. The van der Waals surface area contributed by atoms with Crippen molar-refractivity contribution in [1.29, 1.82) is 0 Å². The third kappa shape index (κ3) is 3.10. The van der Waals surface area contributed by atoms with Crippen LogP contribution in [0.3, 0.4) is 0 Å². The standard InChI is InChI=1S/C12H18BrN/c1-12(2,9-14(3)4)10-6-5-7-11(13)8-10/h5-8H,9H2,1-4H3. The van der Waals surface area contributed by atoms with Crippen LogP contribution in [0.5, 0.6) is 0 Å². The summed E-state index contributed by atoms with van der Waals surface area (Å²) < 4.78 is 1.15. The molecule has 0 aliphatic heterocycles. The lowest BCUT2D eigenvalue weighted by Gasteiger charge is -2.29. The van der Waals surface area contributed by atoms with Crippen LogP contribution in [0.4, 0.5) is 0 Å². The molecule has 0 aliphatic rings. The summed E-state index contributed by atoms with van der Waals surface area (Å²) in [4.78, 5) is 2.22. The van der Waals surface area contributed by atoms with E-state index in [0.29, 0.717) is 0 Å². The lowest BCUT2D eigenvalue weighted by Crippen LogP contribution is -2.32. The molecule has 1 aromatic rings. The maximum absolute atomic E-state index is 3.51. The number of nitrogens with zero attached hydrogens (tertiary/aromatic N) is 1. The largest absolute Gasteiger partial charge is 0.309 e. The Hall–Kier alpha value is -0.340. The van der Waals surface area contributed by atoms with Crippen LogP contribution >= 0.6 is 15.9 Å². The highest BCUT2D eigenvalue weighted by molar-refractivity contribution is 9.10. The van der Waals surface area contributed by atoms with E-state index in [4.69, 9.17) is 0 Å². The Morgan fingerprint density at radius 1 is 1.29 bits per heavy atom. The predicted molar refractivity (Wildman–Crippen MR) is 65.7 cm³/mol. The van der Waals surface area contributed by atoms with Gasteiger partial charge < -0.3 is 4.90 Å². The lowest BCUT2D eigenvalue weighted by molar-refractivity contribution is 0.315. The molecule has 0 aliphatic carbocycles. The summed E-state index contributed by atoms with van der Waals surface area (Å²) >= 11 is 3.51. The van der Waals surface area contributed by atoms with Crippen molar-refractivity contribution in [1.82, 2.24) is 4.90 Å². The molecule has 0 amide bonds. The normalized spacial score (nSPS) is 12.1.